The summed E-state index contributed by atoms with van der Waals surface area (Å²) in [6, 6.07) is 9.97. The van der Waals surface area contributed by atoms with E-state index in [2.05, 4.69) is 32.9 Å². The van der Waals surface area contributed by atoms with Crippen LogP contribution in [0.25, 0.3) is 0 Å². The van der Waals surface area contributed by atoms with Crippen LogP contribution in [0.4, 0.5) is 0 Å². The first kappa shape index (κ1) is 14.9. The largest absolute Gasteiger partial charge is 0.488 e. The monoisotopic (exact) mass is 289 g/mol. The van der Waals surface area contributed by atoms with Crippen molar-refractivity contribution < 1.29 is 4.74 Å². The summed E-state index contributed by atoms with van der Waals surface area (Å²) in [5.74, 6) is 0.763. The summed E-state index contributed by atoms with van der Waals surface area (Å²) in [6.07, 6.45) is 0. The fourth-order valence-corrected chi connectivity index (χ4v) is 2.70. The quantitative estimate of drug-likeness (QED) is 0.910. The molecule has 2 nitrogen and oxygen atoms in total. The van der Waals surface area contributed by atoms with Crippen LogP contribution in [0.5, 0.6) is 5.75 Å². The Bertz CT molecular complexity index is 599. The maximum atomic E-state index is 6.13. The van der Waals surface area contributed by atoms with Gasteiger partial charge < -0.3 is 10.5 Å². The molecule has 2 rings (SSSR count). The molecule has 106 valence electrons. The summed E-state index contributed by atoms with van der Waals surface area (Å²) in [4.78, 5) is 0. The first-order valence-corrected chi connectivity index (χ1v) is 7.07. The highest BCUT2D eigenvalue weighted by atomic mass is 35.5. The van der Waals surface area contributed by atoms with Crippen LogP contribution in [-0.4, -0.2) is 0 Å². The summed E-state index contributed by atoms with van der Waals surface area (Å²) in [7, 11) is 0. The molecule has 20 heavy (non-hydrogen) atoms. The van der Waals surface area contributed by atoms with Crippen molar-refractivity contribution in [3.05, 3.63) is 63.2 Å². The Balaban J connectivity index is 2.24. The predicted molar refractivity (Wildman–Crippen MR) is 84.3 cm³/mol. The van der Waals surface area contributed by atoms with Gasteiger partial charge in [-0.2, -0.15) is 0 Å². The van der Waals surface area contributed by atoms with Gasteiger partial charge >= 0.3 is 0 Å². The molecule has 0 heterocycles. The van der Waals surface area contributed by atoms with Crippen molar-refractivity contribution in [2.75, 3.05) is 0 Å². The first-order valence-electron chi connectivity index (χ1n) is 6.70. The van der Waals surface area contributed by atoms with Crippen LogP contribution in [0, 0.1) is 20.8 Å². The van der Waals surface area contributed by atoms with E-state index < -0.39 is 0 Å². The van der Waals surface area contributed by atoms with Crippen molar-refractivity contribution in [1.82, 2.24) is 0 Å². The lowest BCUT2D eigenvalue weighted by atomic mass is 10.0. The molecule has 0 saturated heterocycles. The average molecular weight is 290 g/mol. The number of hydrogen-bond acceptors (Lipinski definition) is 2. The second-order valence-electron chi connectivity index (χ2n) is 5.09. The minimum atomic E-state index is 0.376. The van der Waals surface area contributed by atoms with Gasteiger partial charge in [-0.05, 0) is 49.6 Å². The van der Waals surface area contributed by atoms with Crippen LogP contribution in [0.1, 0.15) is 27.8 Å². The molecule has 0 spiro atoms. The third kappa shape index (κ3) is 3.14. The third-order valence-electron chi connectivity index (χ3n) is 3.49. The molecule has 2 N–H and O–H groups in total. The summed E-state index contributed by atoms with van der Waals surface area (Å²) >= 11 is 6.13. The van der Waals surface area contributed by atoms with E-state index in [1.165, 1.54) is 22.3 Å². The summed E-state index contributed by atoms with van der Waals surface area (Å²) in [5, 5.41) is 0.655. The summed E-state index contributed by atoms with van der Waals surface area (Å²) in [5.41, 5.74) is 11.6. The summed E-state index contributed by atoms with van der Waals surface area (Å²) in [6.45, 7) is 7.24. The lowest BCUT2D eigenvalue weighted by Crippen LogP contribution is -2.05. The lowest BCUT2D eigenvalue weighted by Gasteiger charge is -2.15. The lowest BCUT2D eigenvalue weighted by molar-refractivity contribution is 0.301. The van der Waals surface area contributed by atoms with Crippen molar-refractivity contribution in [3.63, 3.8) is 0 Å². The van der Waals surface area contributed by atoms with Gasteiger partial charge in [-0.1, -0.05) is 35.4 Å². The van der Waals surface area contributed by atoms with Gasteiger partial charge in [0.25, 0.3) is 0 Å². The van der Waals surface area contributed by atoms with E-state index in [-0.39, 0.29) is 0 Å². The number of nitrogens with two attached hydrogens (primary N) is 1. The number of benzene rings is 2. The van der Waals surface area contributed by atoms with Crippen molar-refractivity contribution >= 4 is 11.6 Å². The molecule has 0 saturated carbocycles. The topological polar surface area (TPSA) is 35.2 Å². The molecule has 0 aromatic heterocycles. The van der Waals surface area contributed by atoms with Gasteiger partial charge in [-0.15, -0.1) is 0 Å². The molecule has 2 aromatic carbocycles. The van der Waals surface area contributed by atoms with Gasteiger partial charge in [0.15, 0.2) is 0 Å². The van der Waals surface area contributed by atoms with E-state index in [0.29, 0.717) is 18.2 Å². The van der Waals surface area contributed by atoms with E-state index >= 15 is 0 Å². The van der Waals surface area contributed by atoms with Crippen molar-refractivity contribution in [1.29, 1.82) is 0 Å². The highest BCUT2D eigenvalue weighted by molar-refractivity contribution is 6.31. The molecule has 0 radical (unpaired) electrons. The highest BCUT2D eigenvalue weighted by Crippen LogP contribution is 2.27. The molecule has 0 fully saturated rings. The molecule has 0 atom stereocenters. The normalized spacial score (nSPS) is 10.7. The van der Waals surface area contributed by atoms with Gasteiger partial charge in [0.1, 0.15) is 12.4 Å². The maximum Gasteiger partial charge on any atom is 0.125 e. The van der Waals surface area contributed by atoms with E-state index in [1.807, 2.05) is 18.2 Å². The number of halogens is 1. The van der Waals surface area contributed by atoms with E-state index in [0.717, 1.165) is 11.3 Å². The Hall–Kier alpha value is -1.51. The zero-order valence-electron chi connectivity index (χ0n) is 12.2. The second-order valence-corrected chi connectivity index (χ2v) is 5.49. The molecule has 0 aliphatic rings. The fraction of sp³-hybridized carbons (Fsp3) is 0.294. The fourth-order valence-electron chi connectivity index (χ4n) is 2.46. The predicted octanol–water partition coefficient (Wildman–Crippen LogP) is 4.30. The van der Waals surface area contributed by atoms with Crippen LogP contribution in [-0.2, 0) is 13.2 Å². The van der Waals surface area contributed by atoms with Gasteiger partial charge in [-0.25, -0.2) is 0 Å². The summed E-state index contributed by atoms with van der Waals surface area (Å²) < 4.78 is 5.93. The maximum absolute atomic E-state index is 6.13. The Labute approximate surface area is 125 Å². The molecule has 0 aliphatic carbocycles. The SMILES string of the molecule is Cc1cc(C)c(COc2cccc(Cl)c2CN)c(C)c1. The van der Waals surface area contributed by atoms with Crippen LogP contribution in [0.3, 0.4) is 0 Å². The average Bonchev–Trinajstić information content (AvgIpc) is 2.37. The smallest absolute Gasteiger partial charge is 0.125 e. The van der Waals surface area contributed by atoms with Crippen molar-refractivity contribution in [3.8, 4) is 5.75 Å². The molecule has 2 aromatic rings. The third-order valence-corrected chi connectivity index (χ3v) is 3.85. The molecule has 0 amide bonds. The number of hydrogen-bond donors (Lipinski definition) is 1. The zero-order chi connectivity index (χ0) is 14.7. The molecule has 0 aliphatic heterocycles. The van der Waals surface area contributed by atoms with Crippen molar-refractivity contribution in [2.45, 2.75) is 33.9 Å². The molecule has 3 heteroatoms. The van der Waals surface area contributed by atoms with E-state index in [9.17, 15) is 0 Å². The van der Waals surface area contributed by atoms with Gasteiger partial charge in [0.05, 0.1) is 0 Å². The zero-order valence-corrected chi connectivity index (χ0v) is 12.9. The Morgan fingerprint density at radius 2 is 1.70 bits per heavy atom. The van der Waals surface area contributed by atoms with Crippen LogP contribution >= 0.6 is 11.6 Å². The van der Waals surface area contributed by atoms with Gasteiger partial charge in [0, 0.05) is 17.1 Å². The van der Waals surface area contributed by atoms with Crippen molar-refractivity contribution in [2.24, 2.45) is 5.73 Å². The number of aryl methyl sites for hydroxylation is 3. The molecule has 0 unspecified atom stereocenters. The molecule has 0 bridgehead atoms. The standard InChI is InChI=1S/C17H20ClNO/c1-11-7-12(2)15(13(3)8-11)10-20-17-6-4-5-16(18)14(17)9-19/h4-8H,9-10,19H2,1-3H3. The van der Waals surface area contributed by atoms with Crippen LogP contribution < -0.4 is 10.5 Å². The molecular weight excluding hydrogens is 270 g/mol. The first-order chi connectivity index (χ1) is 9.52. The minimum Gasteiger partial charge on any atom is -0.488 e. The second kappa shape index (κ2) is 6.29. The Morgan fingerprint density at radius 3 is 2.30 bits per heavy atom. The Kier molecular flexibility index (Phi) is 4.69. The van der Waals surface area contributed by atoms with Crippen LogP contribution in [0.2, 0.25) is 5.02 Å². The molecular formula is C17H20ClNO. The number of ether oxygens (including phenoxy) is 1. The Morgan fingerprint density at radius 1 is 1.05 bits per heavy atom. The van der Waals surface area contributed by atoms with E-state index in [4.69, 9.17) is 22.1 Å². The highest BCUT2D eigenvalue weighted by Gasteiger charge is 2.09. The van der Waals surface area contributed by atoms with E-state index in [1.54, 1.807) is 0 Å². The van der Waals surface area contributed by atoms with Gasteiger partial charge in [0.2, 0.25) is 0 Å². The minimum absolute atomic E-state index is 0.376. The van der Waals surface area contributed by atoms with Gasteiger partial charge in [-0.3, -0.25) is 0 Å². The van der Waals surface area contributed by atoms with Crippen LogP contribution in [0.15, 0.2) is 30.3 Å². The number of rotatable bonds is 4.